The summed E-state index contributed by atoms with van der Waals surface area (Å²) in [5.41, 5.74) is 1.14. The maximum atomic E-state index is 13.0. The van der Waals surface area contributed by atoms with E-state index in [1.54, 1.807) is 11.8 Å². The molecule has 1 N–H and O–H groups in total. The minimum absolute atomic E-state index is 0.00719. The van der Waals surface area contributed by atoms with Crippen LogP contribution in [-0.4, -0.2) is 18.3 Å². The second-order valence-electron chi connectivity index (χ2n) is 5.16. The van der Waals surface area contributed by atoms with Gasteiger partial charge in [0.1, 0.15) is 11.6 Å². The first-order valence-electron chi connectivity index (χ1n) is 7.22. The number of carbonyl (C=O) groups excluding carboxylic acids is 1. The summed E-state index contributed by atoms with van der Waals surface area (Å²) >= 11 is 7.67. The summed E-state index contributed by atoms with van der Waals surface area (Å²) in [5, 5.41) is 3.13. The lowest BCUT2D eigenvalue weighted by molar-refractivity contribution is -0.123. The molecule has 1 unspecified atom stereocenters. The van der Waals surface area contributed by atoms with Gasteiger partial charge < -0.3 is 10.1 Å². The van der Waals surface area contributed by atoms with Crippen LogP contribution in [0, 0.1) is 5.82 Å². The zero-order valence-electron chi connectivity index (χ0n) is 12.2. The van der Waals surface area contributed by atoms with Crippen molar-refractivity contribution >= 4 is 29.3 Å². The molecular formula is C17H15ClFNO2S. The molecule has 1 atom stereocenters. The molecule has 1 aliphatic heterocycles. The molecule has 0 radical (unpaired) electrons. The molecule has 0 aliphatic carbocycles. The van der Waals surface area contributed by atoms with Gasteiger partial charge in [0, 0.05) is 10.6 Å². The molecule has 6 heteroatoms. The minimum atomic E-state index is -0.442. The van der Waals surface area contributed by atoms with Gasteiger partial charge in [0.15, 0.2) is 6.61 Å². The third-order valence-electron chi connectivity index (χ3n) is 3.55. The monoisotopic (exact) mass is 351 g/mol. The van der Waals surface area contributed by atoms with Gasteiger partial charge in [-0.1, -0.05) is 29.8 Å². The fourth-order valence-corrected chi connectivity index (χ4v) is 3.81. The maximum Gasteiger partial charge on any atom is 0.258 e. The number of hydrogen-bond donors (Lipinski definition) is 1. The summed E-state index contributed by atoms with van der Waals surface area (Å²) in [6.45, 7) is -0.156. The van der Waals surface area contributed by atoms with Crippen molar-refractivity contribution in [2.45, 2.75) is 17.4 Å². The van der Waals surface area contributed by atoms with Crippen molar-refractivity contribution in [2.24, 2.45) is 0 Å². The zero-order chi connectivity index (χ0) is 16.2. The lowest BCUT2D eigenvalue weighted by Crippen LogP contribution is -2.34. The Balaban J connectivity index is 1.60. The van der Waals surface area contributed by atoms with Gasteiger partial charge in [-0.25, -0.2) is 4.39 Å². The lowest BCUT2D eigenvalue weighted by atomic mass is 10.0. The summed E-state index contributed by atoms with van der Waals surface area (Å²) < 4.78 is 18.3. The lowest BCUT2D eigenvalue weighted by Gasteiger charge is -2.25. The molecule has 3 nitrogen and oxygen atoms in total. The first-order valence-corrected chi connectivity index (χ1v) is 8.59. The molecule has 0 saturated heterocycles. The standard InChI is InChI=1S/C17H15ClFNO2S/c18-13-9-11(19)5-6-15(13)22-10-17(21)20-14-7-8-23-16-4-2-1-3-12(14)16/h1-6,9,14H,7-8,10H2,(H,20,21). The van der Waals surface area contributed by atoms with Crippen LogP contribution >= 0.6 is 23.4 Å². The molecule has 0 bridgehead atoms. The van der Waals surface area contributed by atoms with Gasteiger partial charge in [-0.3, -0.25) is 4.79 Å². The first-order chi connectivity index (χ1) is 11.1. The normalized spacial score (nSPS) is 16.5. The van der Waals surface area contributed by atoms with E-state index < -0.39 is 5.82 Å². The summed E-state index contributed by atoms with van der Waals surface area (Å²) in [4.78, 5) is 13.3. The van der Waals surface area contributed by atoms with E-state index in [9.17, 15) is 9.18 Å². The second-order valence-corrected chi connectivity index (χ2v) is 6.70. The SMILES string of the molecule is O=C(COc1ccc(F)cc1Cl)NC1CCSc2ccccc21. The van der Waals surface area contributed by atoms with Crippen LogP contribution in [0.3, 0.4) is 0 Å². The molecule has 0 spiro atoms. The van der Waals surface area contributed by atoms with Gasteiger partial charge in [-0.15, -0.1) is 11.8 Å². The van der Waals surface area contributed by atoms with E-state index in [4.69, 9.17) is 16.3 Å². The number of hydrogen-bond acceptors (Lipinski definition) is 3. The molecule has 0 fully saturated rings. The van der Waals surface area contributed by atoms with E-state index in [2.05, 4.69) is 11.4 Å². The van der Waals surface area contributed by atoms with Crippen LogP contribution in [0.4, 0.5) is 4.39 Å². The molecule has 120 valence electrons. The largest absolute Gasteiger partial charge is 0.482 e. The van der Waals surface area contributed by atoms with Crippen molar-refractivity contribution in [1.29, 1.82) is 0 Å². The molecule has 1 heterocycles. The third kappa shape index (κ3) is 3.98. The highest BCUT2D eigenvalue weighted by molar-refractivity contribution is 7.99. The number of rotatable bonds is 4. The smallest absolute Gasteiger partial charge is 0.258 e. The molecule has 1 amide bonds. The molecule has 3 rings (SSSR count). The van der Waals surface area contributed by atoms with Crippen LogP contribution in [0.1, 0.15) is 18.0 Å². The van der Waals surface area contributed by atoms with E-state index in [0.717, 1.165) is 23.8 Å². The van der Waals surface area contributed by atoms with E-state index in [1.807, 2.05) is 18.2 Å². The molecule has 23 heavy (non-hydrogen) atoms. The summed E-state index contributed by atoms with van der Waals surface area (Å²) in [6.07, 6.45) is 0.880. The molecule has 0 saturated carbocycles. The molecular weight excluding hydrogens is 337 g/mol. The van der Waals surface area contributed by atoms with Crippen molar-refractivity contribution in [1.82, 2.24) is 5.32 Å². The Morgan fingerprint density at radius 3 is 3.00 bits per heavy atom. The third-order valence-corrected chi connectivity index (χ3v) is 4.96. The highest BCUT2D eigenvalue weighted by Gasteiger charge is 2.22. The Bertz CT molecular complexity index is 725. The first kappa shape index (κ1) is 16.1. The number of amides is 1. The van der Waals surface area contributed by atoms with Crippen molar-refractivity contribution in [3.63, 3.8) is 0 Å². The number of halogens is 2. The highest BCUT2D eigenvalue weighted by atomic mass is 35.5. The van der Waals surface area contributed by atoms with Gasteiger partial charge in [0.25, 0.3) is 5.91 Å². The average Bonchev–Trinajstić information content (AvgIpc) is 2.54. The van der Waals surface area contributed by atoms with Crippen molar-refractivity contribution in [3.8, 4) is 5.75 Å². The molecule has 1 aliphatic rings. The average molecular weight is 352 g/mol. The fraction of sp³-hybridized carbons (Fsp3) is 0.235. The van der Waals surface area contributed by atoms with Gasteiger partial charge >= 0.3 is 0 Å². The van der Waals surface area contributed by atoms with E-state index >= 15 is 0 Å². The summed E-state index contributed by atoms with van der Waals surface area (Å²) in [6, 6.07) is 11.9. The minimum Gasteiger partial charge on any atom is -0.482 e. The molecule has 0 aromatic heterocycles. The van der Waals surface area contributed by atoms with Crippen LogP contribution in [0.25, 0.3) is 0 Å². The van der Waals surface area contributed by atoms with Gasteiger partial charge in [0.2, 0.25) is 0 Å². The van der Waals surface area contributed by atoms with Crippen LogP contribution < -0.4 is 10.1 Å². The maximum absolute atomic E-state index is 13.0. The van der Waals surface area contributed by atoms with Crippen molar-refractivity contribution in [2.75, 3.05) is 12.4 Å². The Labute approximate surface area is 143 Å². The van der Waals surface area contributed by atoms with Crippen molar-refractivity contribution in [3.05, 3.63) is 58.9 Å². The van der Waals surface area contributed by atoms with Crippen molar-refractivity contribution < 1.29 is 13.9 Å². The molecule has 2 aromatic rings. The Morgan fingerprint density at radius 1 is 1.35 bits per heavy atom. The number of carbonyl (C=O) groups is 1. The summed E-state index contributed by atoms with van der Waals surface area (Å²) in [7, 11) is 0. The predicted octanol–water partition coefficient (Wildman–Crippen LogP) is 4.21. The topological polar surface area (TPSA) is 38.3 Å². The van der Waals surface area contributed by atoms with Crippen LogP contribution in [0.2, 0.25) is 5.02 Å². The highest BCUT2D eigenvalue weighted by Crippen LogP contribution is 2.35. The van der Waals surface area contributed by atoms with Gasteiger partial charge in [-0.05, 0) is 36.2 Å². The zero-order valence-corrected chi connectivity index (χ0v) is 13.8. The Morgan fingerprint density at radius 2 is 2.17 bits per heavy atom. The number of thioether (sulfide) groups is 1. The Kier molecular flexibility index (Phi) is 5.08. The van der Waals surface area contributed by atoms with Crippen LogP contribution in [-0.2, 0) is 4.79 Å². The van der Waals surface area contributed by atoms with E-state index in [0.29, 0.717) is 5.75 Å². The quantitative estimate of drug-likeness (QED) is 0.896. The number of fused-ring (bicyclic) bond motifs is 1. The second kappa shape index (κ2) is 7.23. The van der Waals surface area contributed by atoms with Gasteiger partial charge in [-0.2, -0.15) is 0 Å². The van der Waals surface area contributed by atoms with Crippen LogP contribution in [0.15, 0.2) is 47.4 Å². The fourth-order valence-electron chi connectivity index (χ4n) is 2.46. The number of nitrogens with one attached hydrogen (secondary N) is 1. The molecule has 2 aromatic carbocycles. The van der Waals surface area contributed by atoms with E-state index in [1.165, 1.54) is 17.0 Å². The number of ether oxygens (including phenoxy) is 1. The number of benzene rings is 2. The predicted molar refractivity (Wildman–Crippen MR) is 89.6 cm³/mol. The van der Waals surface area contributed by atoms with E-state index in [-0.39, 0.29) is 23.6 Å². The van der Waals surface area contributed by atoms with Crippen LogP contribution in [0.5, 0.6) is 5.75 Å². The van der Waals surface area contributed by atoms with Gasteiger partial charge in [0.05, 0.1) is 11.1 Å². The Hall–Kier alpha value is -1.72. The summed E-state index contributed by atoms with van der Waals surface area (Å²) in [5.74, 6) is 0.593.